The normalized spacial score (nSPS) is 10.9. The fourth-order valence-corrected chi connectivity index (χ4v) is 2.72. The van der Waals surface area contributed by atoms with E-state index in [4.69, 9.17) is 0 Å². The number of carbonyl (C=O) groups is 1. The van der Waals surface area contributed by atoms with Crippen LogP contribution in [-0.2, 0) is 0 Å². The molecule has 6 nitrogen and oxygen atoms in total. The molecule has 0 aliphatic heterocycles. The lowest BCUT2D eigenvalue weighted by Gasteiger charge is -2.02. The highest BCUT2D eigenvalue weighted by Gasteiger charge is 2.10. The van der Waals surface area contributed by atoms with Gasteiger partial charge in [0.1, 0.15) is 5.69 Å². The molecule has 0 aliphatic rings. The largest absolute Gasteiger partial charge is 0.289 e. The quantitative estimate of drug-likeness (QED) is 0.414. The summed E-state index contributed by atoms with van der Waals surface area (Å²) in [7, 11) is 0. The first kappa shape index (κ1) is 17.4. The molecule has 6 heteroatoms. The average molecular weight is 367 g/mol. The number of rotatable bonds is 5. The number of benzene rings is 2. The summed E-state index contributed by atoms with van der Waals surface area (Å²) in [6, 6.07) is 25.4. The number of nitrogens with zero attached hydrogens (tertiary/aromatic N) is 3. The molecule has 1 amide bonds. The van der Waals surface area contributed by atoms with Gasteiger partial charge in [0.2, 0.25) is 0 Å². The van der Waals surface area contributed by atoms with E-state index >= 15 is 0 Å². The number of amides is 1. The van der Waals surface area contributed by atoms with E-state index in [-0.39, 0.29) is 5.91 Å². The van der Waals surface area contributed by atoms with Crippen molar-refractivity contribution in [1.29, 1.82) is 0 Å². The minimum absolute atomic E-state index is 0.334. The number of hydrogen-bond acceptors (Lipinski definition) is 4. The Hall–Kier alpha value is -4.06. The highest BCUT2D eigenvalue weighted by atomic mass is 16.2. The molecule has 2 aromatic heterocycles. The summed E-state index contributed by atoms with van der Waals surface area (Å²) < 4.78 is 0. The molecular weight excluding hydrogens is 350 g/mol. The van der Waals surface area contributed by atoms with E-state index in [1.54, 1.807) is 18.3 Å². The third-order valence-corrected chi connectivity index (χ3v) is 4.16. The Morgan fingerprint density at radius 3 is 2.36 bits per heavy atom. The predicted molar refractivity (Wildman–Crippen MR) is 109 cm³/mol. The van der Waals surface area contributed by atoms with Crippen molar-refractivity contribution in [1.82, 2.24) is 20.6 Å². The Morgan fingerprint density at radius 1 is 0.893 bits per heavy atom. The first-order valence-electron chi connectivity index (χ1n) is 8.75. The van der Waals surface area contributed by atoms with Gasteiger partial charge in [0.25, 0.3) is 5.91 Å². The Morgan fingerprint density at radius 2 is 1.61 bits per heavy atom. The minimum atomic E-state index is -0.369. The van der Waals surface area contributed by atoms with E-state index in [9.17, 15) is 4.79 Å². The van der Waals surface area contributed by atoms with Crippen LogP contribution in [0.2, 0.25) is 0 Å². The summed E-state index contributed by atoms with van der Waals surface area (Å²) in [6.07, 6.45) is 3.14. The highest BCUT2D eigenvalue weighted by Crippen LogP contribution is 2.24. The fourth-order valence-electron chi connectivity index (χ4n) is 2.72. The van der Waals surface area contributed by atoms with Crippen LogP contribution in [0.3, 0.4) is 0 Å². The fraction of sp³-hybridized carbons (Fsp3) is 0. The molecule has 0 spiro atoms. The lowest BCUT2D eigenvalue weighted by atomic mass is 10.0. The second-order valence-corrected chi connectivity index (χ2v) is 6.06. The van der Waals surface area contributed by atoms with Crippen molar-refractivity contribution in [3.8, 4) is 22.4 Å². The third-order valence-electron chi connectivity index (χ3n) is 4.16. The molecule has 136 valence electrons. The van der Waals surface area contributed by atoms with Crippen LogP contribution in [0.5, 0.6) is 0 Å². The smallest absolute Gasteiger partial charge is 0.272 e. The Bertz CT molecular complexity index is 1090. The number of carbonyl (C=O) groups excluding carboxylic acids is 1. The molecule has 0 aliphatic carbocycles. The summed E-state index contributed by atoms with van der Waals surface area (Å²) in [5.41, 5.74) is 7.35. The van der Waals surface area contributed by atoms with E-state index < -0.39 is 0 Å². The van der Waals surface area contributed by atoms with Gasteiger partial charge in [-0.2, -0.15) is 10.2 Å². The van der Waals surface area contributed by atoms with Gasteiger partial charge in [-0.3, -0.25) is 14.9 Å². The van der Waals surface area contributed by atoms with Crippen LogP contribution in [0.15, 0.2) is 90.2 Å². The van der Waals surface area contributed by atoms with Gasteiger partial charge in [-0.25, -0.2) is 5.43 Å². The Balaban J connectivity index is 1.44. The number of H-pyrrole nitrogens is 1. The number of aromatic nitrogens is 3. The summed E-state index contributed by atoms with van der Waals surface area (Å²) >= 11 is 0. The summed E-state index contributed by atoms with van der Waals surface area (Å²) in [5, 5.41) is 10.9. The van der Waals surface area contributed by atoms with Gasteiger partial charge < -0.3 is 0 Å². The number of hydrazone groups is 1. The van der Waals surface area contributed by atoms with E-state index in [0.717, 1.165) is 16.7 Å². The zero-order valence-electron chi connectivity index (χ0n) is 14.9. The van der Waals surface area contributed by atoms with Crippen LogP contribution in [0, 0.1) is 0 Å². The van der Waals surface area contributed by atoms with Gasteiger partial charge in [-0.1, -0.05) is 60.7 Å². The van der Waals surface area contributed by atoms with Crippen molar-refractivity contribution < 1.29 is 4.79 Å². The van der Waals surface area contributed by atoms with Gasteiger partial charge >= 0.3 is 0 Å². The SMILES string of the molecule is O=C(N/N=C/c1ccccn1)c1cc(-c2ccc(-c3ccccc3)cc2)n[nH]1. The van der Waals surface area contributed by atoms with Gasteiger partial charge in [0.15, 0.2) is 0 Å². The van der Waals surface area contributed by atoms with Crippen molar-refractivity contribution in [3.63, 3.8) is 0 Å². The maximum atomic E-state index is 12.2. The second-order valence-electron chi connectivity index (χ2n) is 6.06. The molecule has 0 atom stereocenters. The molecule has 0 unspecified atom stereocenters. The van der Waals surface area contributed by atoms with Crippen LogP contribution >= 0.6 is 0 Å². The van der Waals surface area contributed by atoms with Crippen LogP contribution in [0.25, 0.3) is 22.4 Å². The van der Waals surface area contributed by atoms with Crippen molar-refractivity contribution in [2.24, 2.45) is 5.10 Å². The first-order valence-corrected chi connectivity index (χ1v) is 8.75. The summed E-state index contributed by atoms with van der Waals surface area (Å²) in [4.78, 5) is 16.3. The van der Waals surface area contributed by atoms with Crippen LogP contribution in [-0.4, -0.2) is 27.3 Å². The summed E-state index contributed by atoms with van der Waals surface area (Å²) in [5.74, 6) is -0.369. The average Bonchev–Trinajstić information content (AvgIpc) is 3.26. The zero-order chi connectivity index (χ0) is 19.2. The van der Waals surface area contributed by atoms with E-state index in [1.807, 2.05) is 54.6 Å². The molecular formula is C22H17N5O. The number of hydrogen-bond donors (Lipinski definition) is 2. The van der Waals surface area contributed by atoms with Crippen LogP contribution in [0.1, 0.15) is 16.2 Å². The van der Waals surface area contributed by atoms with Gasteiger partial charge in [0, 0.05) is 11.8 Å². The maximum absolute atomic E-state index is 12.2. The molecule has 0 saturated heterocycles. The third kappa shape index (κ3) is 4.02. The lowest BCUT2D eigenvalue weighted by Crippen LogP contribution is -2.18. The molecule has 2 N–H and O–H groups in total. The van der Waals surface area contributed by atoms with Crippen LogP contribution < -0.4 is 5.43 Å². The molecule has 28 heavy (non-hydrogen) atoms. The van der Waals surface area contributed by atoms with Gasteiger partial charge in [-0.05, 0) is 29.3 Å². The summed E-state index contributed by atoms with van der Waals surface area (Å²) in [6.45, 7) is 0. The van der Waals surface area contributed by atoms with E-state index in [0.29, 0.717) is 17.1 Å². The van der Waals surface area contributed by atoms with Gasteiger partial charge in [0.05, 0.1) is 17.6 Å². The number of pyridine rings is 1. The van der Waals surface area contributed by atoms with Crippen molar-refractivity contribution >= 4 is 12.1 Å². The van der Waals surface area contributed by atoms with E-state index in [2.05, 4.69) is 37.8 Å². The standard InChI is InChI=1S/C22H17N5O/c28-22(27-24-15-19-8-4-5-13-23-19)21-14-20(25-26-21)18-11-9-17(10-12-18)16-6-2-1-3-7-16/h1-15H,(H,25,26)(H,27,28)/b24-15+. The number of nitrogens with one attached hydrogen (secondary N) is 2. The molecule has 2 aromatic carbocycles. The topological polar surface area (TPSA) is 83.0 Å². The number of aromatic amines is 1. The monoisotopic (exact) mass is 367 g/mol. The molecule has 0 bridgehead atoms. The van der Waals surface area contributed by atoms with Crippen molar-refractivity contribution in [2.45, 2.75) is 0 Å². The molecule has 0 saturated carbocycles. The van der Waals surface area contributed by atoms with E-state index in [1.165, 1.54) is 6.21 Å². The van der Waals surface area contributed by atoms with Crippen molar-refractivity contribution in [3.05, 3.63) is 96.4 Å². The van der Waals surface area contributed by atoms with Gasteiger partial charge in [-0.15, -0.1) is 0 Å². The first-order chi connectivity index (χ1) is 13.8. The molecule has 4 aromatic rings. The van der Waals surface area contributed by atoms with Crippen LogP contribution in [0.4, 0.5) is 0 Å². The second kappa shape index (κ2) is 8.09. The lowest BCUT2D eigenvalue weighted by molar-refractivity contribution is 0.0950. The van der Waals surface area contributed by atoms with Crippen molar-refractivity contribution in [2.75, 3.05) is 0 Å². The zero-order valence-corrected chi connectivity index (χ0v) is 14.9. The molecule has 2 heterocycles. The molecule has 0 radical (unpaired) electrons. The maximum Gasteiger partial charge on any atom is 0.289 e. The molecule has 0 fully saturated rings. The highest BCUT2D eigenvalue weighted by molar-refractivity contribution is 5.94. The predicted octanol–water partition coefficient (Wildman–Crippen LogP) is 3.90. The minimum Gasteiger partial charge on any atom is -0.272 e. The molecule has 4 rings (SSSR count). The Kier molecular flexibility index (Phi) is 5.02. The Labute approximate surface area is 162 Å².